The third-order valence-electron chi connectivity index (χ3n) is 5.21. The van der Waals surface area contributed by atoms with Crippen LogP contribution in [0.5, 0.6) is 0 Å². The van der Waals surface area contributed by atoms with Gasteiger partial charge in [0.15, 0.2) is 5.17 Å². The Bertz CT molecular complexity index is 777. The summed E-state index contributed by atoms with van der Waals surface area (Å²) >= 11 is 1.57. The van der Waals surface area contributed by atoms with Crippen molar-refractivity contribution in [2.24, 2.45) is 10.9 Å². The highest BCUT2D eigenvalue weighted by Gasteiger charge is 2.41. The van der Waals surface area contributed by atoms with Gasteiger partial charge in [0.25, 0.3) is 0 Å². The molecule has 0 aliphatic carbocycles. The van der Waals surface area contributed by atoms with Gasteiger partial charge < -0.3 is 14.9 Å². The Morgan fingerprint density at radius 3 is 2.81 bits per heavy atom. The molecular formula is C19H21N3O3S. The predicted molar refractivity (Wildman–Crippen MR) is 101 cm³/mol. The summed E-state index contributed by atoms with van der Waals surface area (Å²) in [5.74, 6) is -1.55. The van der Waals surface area contributed by atoms with Crippen LogP contribution in [0.4, 0.5) is 0 Å². The number of aliphatic imine (C=N–C) groups is 1. The zero-order valence-corrected chi connectivity index (χ0v) is 15.2. The van der Waals surface area contributed by atoms with E-state index in [1.54, 1.807) is 16.7 Å². The monoisotopic (exact) mass is 371 g/mol. The molecule has 0 radical (unpaired) electrons. The predicted octanol–water partition coefficient (Wildman–Crippen LogP) is 2.35. The molecule has 1 aromatic carbocycles. The van der Waals surface area contributed by atoms with Crippen molar-refractivity contribution in [3.8, 4) is 0 Å². The lowest BCUT2D eigenvalue weighted by Gasteiger charge is -2.26. The minimum absolute atomic E-state index is 0.00615. The molecule has 1 N–H and O–H groups in total. The molecule has 1 aromatic rings. The highest BCUT2D eigenvalue weighted by Crippen LogP contribution is 2.35. The Balaban J connectivity index is 1.46. The number of likely N-dealkylation sites (tertiary alicyclic amines) is 1. The van der Waals surface area contributed by atoms with E-state index in [9.17, 15) is 14.7 Å². The van der Waals surface area contributed by atoms with Crippen LogP contribution in [-0.4, -0.2) is 58.1 Å². The number of rotatable bonds is 4. The van der Waals surface area contributed by atoms with E-state index in [0.717, 1.165) is 35.9 Å². The summed E-state index contributed by atoms with van der Waals surface area (Å²) in [5, 5.41) is 12.6. The molecule has 4 rings (SSSR count). The molecule has 0 aromatic heterocycles. The van der Waals surface area contributed by atoms with E-state index in [1.165, 1.54) is 0 Å². The van der Waals surface area contributed by atoms with Gasteiger partial charge in [-0.05, 0) is 17.4 Å². The Kier molecular flexibility index (Phi) is 4.72. The number of nitrogens with zero attached hydrogens (tertiary/aromatic N) is 3. The minimum atomic E-state index is -0.838. The molecule has 0 spiro atoms. The molecule has 1 fully saturated rings. The van der Waals surface area contributed by atoms with E-state index in [-0.39, 0.29) is 18.4 Å². The normalized spacial score (nSPS) is 24.9. The number of hydrogen-bond donors (Lipinski definition) is 1. The zero-order chi connectivity index (χ0) is 18.1. The molecule has 2 atom stereocenters. The lowest BCUT2D eigenvalue weighted by Crippen LogP contribution is -2.34. The summed E-state index contributed by atoms with van der Waals surface area (Å²) in [6.07, 6.45) is 1.30. The molecule has 1 amide bonds. The van der Waals surface area contributed by atoms with Crippen molar-refractivity contribution >= 4 is 28.8 Å². The van der Waals surface area contributed by atoms with Crippen LogP contribution in [0.15, 0.2) is 46.4 Å². The van der Waals surface area contributed by atoms with Gasteiger partial charge in [0.05, 0.1) is 12.3 Å². The number of benzene rings is 1. The van der Waals surface area contributed by atoms with E-state index < -0.39 is 11.9 Å². The first-order chi connectivity index (χ1) is 12.6. The van der Waals surface area contributed by atoms with Gasteiger partial charge >= 0.3 is 5.97 Å². The third-order valence-corrected chi connectivity index (χ3v) is 6.16. The summed E-state index contributed by atoms with van der Waals surface area (Å²) in [4.78, 5) is 32.9. The summed E-state index contributed by atoms with van der Waals surface area (Å²) < 4.78 is 0. The van der Waals surface area contributed by atoms with E-state index >= 15 is 0 Å². The van der Waals surface area contributed by atoms with Crippen LogP contribution in [0.25, 0.3) is 0 Å². The second-order valence-electron chi connectivity index (χ2n) is 6.83. The molecule has 7 heteroatoms. The zero-order valence-electron chi connectivity index (χ0n) is 14.4. The fraction of sp³-hybridized carbons (Fsp3) is 0.421. The fourth-order valence-electron chi connectivity index (χ4n) is 3.84. The van der Waals surface area contributed by atoms with Crippen LogP contribution in [-0.2, 0) is 9.59 Å². The lowest BCUT2D eigenvalue weighted by atomic mass is 9.89. The van der Waals surface area contributed by atoms with Crippen LogP contribution in [0.2, 0.25) is 0 Å². The van der Waals surface area contributed by atoms with Crippen LogP contribution in [0, 0.1) is 5.92 Å². The van der Waals surface area contributed by atoms with Gasteiger partial charge in [0, 0.05) is 37.8 Å². The quantitative estimate of drug-likeness (QED) is 0.880. The second kappa shape index (κ2) is 7.15. The molecule has 0 unspecified atom stereocenters. The SMILES string of the molecule is O=C(O)[C@@H]1CN(C(=O)CC2=CSC3=NCCCN23)C[C@H]1c1ccccc1. The fourth-order valence-corrected chi connectivity index (χ4v) is 4.79. The van der Waals surface area contributed by atoms with Gasteiger partial charge in [-0.25, -0.2) is 0 Å². The Morgan fingerprint density at radius 2 is 2.04 bits per heavy atom. The van der Waals surface area contributed by atoms with Gasteiger partial charge in [-0.3, -0.25) is 14.6 Å². The van der Waals surface area contributed by atoms with E-state index in [0.29, 0.717) is 13.0 Å². The van der Waals surface area contributed by atoms with Crippen molar-refractivity contribution < 1.29 is 14.7 Å². The largest absolute Gasteiger partial charge is 0.481 e. The van der Waals surface area contributed by atoms with Crippen molar-refractivity contribution in [2.75, 3.05) is 26.2 Å². The molecular weight excluding hydrogens is 350 g/mol. The number of fused-ring (bicyclic) bond motifs is 1. The number of amides is 1. The molecule has 3 aliphatic rings. The Morgan fingerprint density at radius 1 is 1.23 bits per heavy atom. The molecule has 6 nitrogen and oxygen atoms in total. The van der Waals surface area contributed by atoms with Crippen molar-refractivity contribution in [2.45, 2.75) is 18.8 Å². The van der Waals surface area contributed by atoms with Crippen LogP contribution < -0.4 is 0 Å². The lowest BCUT2D eigenvalue weighted by molar-refractivity contribution is -0.141. The van der Waals surface area contributed by atoms with Crippen molar-refractivity contribution in [3.05, 3.63) is 47.0 Å². The van der Waals surface area contributed by atoms with Crippen LogP contribution in [0.1, 0.15) is 24.3 Å². The first kappa shape index (κ1) is 17.1. The summed E-state index contributed by atoms with van der Waals surface area (Å²) in [5.41, 5.74) is 1.96. The molecule has 0 bridgehead atoms. The standard InChI is InChI=1S/C19H21N3O3S/c23-17(9-14-12-26-19-20-7-4-8-22(14)19)21-10-15(16(11-21)18(24)25)13-5-2-1-3-6-13/h1-3,5-6,12,15-16H,4,7-11H2,(H,24,25)/t15-,16+/m0/s1. The minimum Gasteiger partial charge on any atom is -0.481 e. The summed E-state index contributed by atoms with van der Waals surface area (Å²) in [6, 6.07) is 9.63. The first-order valence-corrected chi connectivity index (χ1v) is 9.74. The molecule has 3 heterocycles. The van der Waals surface area contributed by atoms with Gasteiger partial charge in [0.1, 0.15) is 0 Å². The van der Waals surface area contributed by atoms with E-state index in [2.05, 4.69) is 9.89 Å². The van der Waals surface area contributed by atoms with Gasteiger partial charge in [-0.2, -0.15) is 0 Å². The smallest absolute Gasteiger partial charge is 0.308 e. The van der Waals surface area contributed by atoms with Gasteiger partial charge in [-0.15, -0.1) is 0 Å². The van der Waals surface area contributed by atoms with Crippen LogP contribution in [0.3, 0.4) is 0 Å². The average molecular weight is 371 g/mol. The average Bonchev–Trinajstić information content (AvgIpc) is 3.28. The van der Waals surface area contributed by atoms with Crippen LogP contribution >= 0.6 is 11.8 Å². The van der Waals surface area contributed by atoms with E-state index in [4.69, 9.17) is 0 Å². The number of carbonyl (C=O) groups excluding carboxylic acids is 1. The molecule has 136 valence electrons. The molecule has 26 heavy (non-hydrogen) atoms. The first-order valence-electron chi connectivity index (χ1n) is 8.86. The van der Waals surface area contributed by atoms with Gasteiger partial charge in [0.2, 0.25) is 5.91 Å². The second-order valence-corrected chi connectivity index (χ2v) is 7.67. The third kappa shape index (κ3) is 3.23. The summed E-state index contributed by atoms with van der Waals surface area (Å²) in [6.45, 7) is 2.48. The highest BCUT2D eigenvalue weighted by molar-refractivity contribution is 8.16. The number of hydrogen-bond acceptors (Lipinski definition) is 5. The maximum absolute atomic E-state index is 12.8. The number of amidine groups is 1. The van der Waals surface area contributed by atoms with Gasteiger partial charge in [-0.1, -0.05) is 42.1 Å². The Hall–Kier alpha value is -2.28. The maximum atomic E-state index is 12.8. The molecule has 1 saturated heterocycles. The number of carbonyl (C=O) groups is 2. The van der Waals surface area contributed by atoms with E-state index in [1.807, 2.05) is 35.7 Å². The maximum Gasteiger partial charge on any atom is 0.308 e. The number of aliphatic carboxylic acids is 1. The number of carboxylic acid groups (broad SMARTS) is 1. The Labute approximate surface area is 156 Å². The van der Waals surface area contributed by atoms with Crippen molar-refractivity contribution in [1.29, 1.82) is 0 Å². The number of thioether (sulfide) groups is 1. The number of carboxylic acids is 1. The topological polar surface area (TPSA) is 73.2 Å². The van der Waals surface area contributed by atoms with Crippen molar-refractivity contribution in [1.82, 2.24) is 9.80 Å². The highest BCUT2D eigenvalue weighted by atomic mass is 32.2. The molecule has 3 aliphatic heterocycles. The molecule has 0 saturated carbocycles. The summed E-state index contributed by atoms with van der Waals surface area (Å²) in [7, 11) is 0. The van der Waals surface area contributed by atoms with Crippen molar-refractivity contribution in [3.63, 3.8) is 0 Å².